The van der Waals surface area contributed by atoms with Gasteiger partial charge in [0.2, 0.25) is 0 Å². The molecule has 83 heavy (non-hydrogen) atoms. The van der Waals surface area contributed by atoms with Gasteiger partial charge in [-0.25, -0.2) is 0 Å². The summed E-state index contributed by atoms with van der Waals surface area (Å²) in [7, 11) is 0. The van der Waals surface area contributed by atoms with Gasteiger partial charge in [-0.05, 0) is 89.9 Å². The van der Waals surface area contributed by atoms with E-state index in [1.54, 1.807) is 6.08 Å². The van der Waals surface area contributed by atoms with E-state index in [1.165, 1.54) is 180 Å². The van der Waals surface area contributed by atoms with Crippen LogP contribution in [0, 0.1) is 0 Å². The molecule has 0 aliphatic heterocycles. The standard InChI is InChI=1S/C77H130O6/c1-4-7-10-13-16-19-22-25-28-30-32-33-34-35-36-37-38-39-40-41-42-43-45-46-49-52-55-58-61-64-67-70-76(79)82-73-74(72-81-75(78)69-66-63-60-57-54-51-48-27-24-21-18-15-12-9-6-3)83-77(80)71-68-65-62-59-56-53-50-47-44-31-29-26-23-20-17-14-11-8-5-2/h8-9,11-12,17-18,20-21,26-27,29,44,47-48,53-54,56-57,63,66,74H,4-7,10,13-16,19,22-25,28,30-43,45-46,49-52,55,58-62,64-65,67-73H2,1-3H3/b11-8-,12-9-,20-17-,21-18-,29-26-,47-44-,48-27-,56-53-,57-54-,66-63-. The molecule has 0 saturated heterocycles. The molecule has 1 unspecified atom stereocenters. The minimum atomic E-state index is -0.839. The molecule has 0 bridgehead atoms. The summed E-state index contributed by atoms with van der Waals surface area (Å²) in [4.78, 5) is 38.3. The molecule has 474 valence electrons. The summed E-state index contributed by atoms with van der Waals surface area (Å²) in [5.41, 5.74) is 0. The number of allylic oxidation sites excluding steroid dienone is 19. The fourth-order valence-corrected chi connectivity index (χ4v) is 9.84. The van der Waals surface area contributed by atoms with E-state index in [1.807, 2.05) is 6.08 Å². The molecule has 0 amide bonds. The Morgan fingerprint density at radius 2 is 0.518 bits per heavy atom. The molecule has 1 atom stereocenters. The Balaban J connectivity index is 4.31. The van der Waals surface area contributed by atoms with Gasteiger partial charge in [-0.2, -0.15) is 0 Å². The smallest absolute Gasteiger partial charge is 0.309 e. The molecule has 6 heteroatoms. The highest BCUT2D eigenvalue weighted by atomic mass is 16.6. The van der Waals surface area contributed by atoms with Crippen molar-refractivity contribution in [2.45, 2.75) is 335 Å². The lowest BCUT2D eigenvalue weighted by molar-refractivity contribution is -0.166. The predicted molar refractivity (Wildman–Crippen MR) is 362 cm³/mol. The van der Waals surface area contributed by atoms with Crippen molar-refractivity contribution in [3.63, 3.8) is 0 Å². The van der Waals surface area contributed by atoms with Crippen molar-refractivity contribution in [3.8, 4) is 0 Å². The minimum absolute atomic E-state index is 0.117. The first kappa shape index (κ1) is 78.8. The van der Waals surface area contributed by atoms with E-state index in [-0.39, 0.29) is 38.0 Å². The second-order valence-corrected chi connectivity index (χ2v) is 23.1. The van der Waals surface area contributed by atoms with E-state index >= 15 is 0 Å². The lowest BCUT2D eigenvalue weighted by Crippen LogP contribution is -2.30. The van der Waals surface area contributed by atoms with Crippen LogP contribution in [0.3, 0.4) is 0 Å². The van der Waals surface area contributed by atoms with Gasteiger partial charge in [0, 0.05) is 12.8 Å². The number of ether oxygens (including phenoxy) is 3. The lowest BCUT2D eigenvalue weighted by Gasteiger charge is -2.18. The summed E-state index contributed by atoms with van der Waals surface area (Å²) in [5.74, 6) is -1.08. The molecule has 0 aliphatic carbocycles. The van der Waals surface area contributed by atoms with Crippen LogP contribution in [0.25, 0.3) is 0 Å². The van der Waals surface area contributed by atoms with Crippen molar-refractivity contribution in [2.75, 3.05) is 13.2 Å². The molecule has 0 heterocycles. The normalized spacial score (nSPS) is 12.9. The summed E-state index contributed by atoms with van der Waals surface area (Å²) < 4.78 is 16.8. The quantitative estimate of drug-likeness (QED) is 0.0261. The molecular formula is C77H130O6. The molecule has 6 nitrogen and oxygen atoms in total. The average Bonchev–Trinajstić information content (AvgIpc) is 3.49. The Morgan fingerprint density at radius 3 is 0.843 bits per heavy atom. The van der Waals surface area contributed by atoms with Crippen molar-refractivity contribution in [1.29, 1.82) is 0 Å². The number of hydrogen-bond donors (Lipinski definition) is 0. The first-order valence-corrected chi connectivity index (χ1v) is 35.0. The molecule has 0 N–H and O–H groups in total. The van der Waals surface area contributed by atoms with Crippen molar-refractivity contribution < 1.29 is 28.6 Å². The molecule has 0 spiro atoms. The van der Waals surface area contributed by atoms with Crippen molar-refractivity contribution >= 4 is 17.9 Å². The highest BCUT2D eigenvalue weighted by Gasteiger charge is 2.19. The van der Waals surface area contributed by atoms with Gasteiger partial charge in [-0.15, -0.1) is 0 Å². The molecule has 0 aromatic carbocycles. The SMILES string of the molecule is CC/C=C\C/C=C\C/C=C\C/C=C\C/C=C\CCCCCC(=O)OC(COC(=O)C/C=C\C/C=C\C/C=C\C/C=C\C/C=C\CC)COC(=O)CCCCCCCCCCCCCCCCCCCCCCCCCCCCCCCCC. The van der Waals surface area contributed by atoms with Gasteiger partial charge >= 0.3 is 17.9 Å². The first-order chi connectivity index (χ1) is 41.0. The van der Waals surface area contributed by atoms with Crippen molar-refractivity contribution in [1.82, 2.24) is 0 Å². The Hall–Kier alpha value is -4.19. The van der Waals surface area contributed by atoms with Crippen LogP contribution >= 0.6 is 0 Å². The molecular weight excluding hydrogens is 1020 g/mol. The second-order valence-electron chi connectivity index (χ2n) is 23.1. The van der Waals surface area contributed by atoms with E-state index in [2.05, 4.69) is 130 Å². The van der Waals surface area contributed by atoms with Gasteiger partial charge < -0.3 is 14.2 Å². The highest BCUT2D eigenvalue weighted by Crippen LogP contribution is 2.18. The van der Waals surface area contributed by atoms with Gasteiger partial charge in [0.25, 0.3) is 0 Å². The zero-order valence-corrected chi connectivity index (χ0v) is 54.4. The molecule has 0 aromatic rings. The van der Waals surface area contributed by atoms with Crippen LogP contribution in [0.2, 0.25) is 0 Å². The van der Waals surface area contributed by atoms with Crippen LogP contribution < -0.4 is 0 Å². The third-order valence-corrected chi connectivity index (χ3v) is 15.0. The molecule has 0 radical (unpaired) electrons. The van der Waals surface area contributed by atoms with Crippen LogP contribution in [0.4, 0.5) is 0 Å². The Kier molecular flexibility index (Phi) is 66.7. The fraction of sp³-hybridized carbons (Fsp3) is 0.701. The zero-order valence-electron chi connectivity index (χ0n) is 54.4. The van der Waals surface area contributed by atoms with Crippen molar-refractivity contribution in [3.05, 3.63) is 122 Å². The lowest BCUT2D eigenvalue weighted by atomic mass is 10.0. The minimum Gasteiger partial charge on any atom is -0.462 e. The largest absolute Gasteiger partial charge is 0.462 e. The van der Waals surface area contributed by atoms with E-state index in [0.29, 0.717) is 12.8 Å². The fourth-order valence-electron chi connectivity index (χ4n) is 9.84. The van der Waals surface area contributed by atoms with E-state index in [0.717, 1.165) is 103 Å². The Bertz CT molecular complexity index is 1700. The summed E-state index contributed by atoms with van der Waals surface area (Å²) in [6.07, 6.45) is 98.5. The molecule has 0 aromatic heterocycles. The predicted octanol–water partition coefficient (Wildman–Crippen LogP) is 24.3. The maximum absolute atomic E-state index is 12.9. The third kappa shape index (κ3) is 68.5. The second kappa shape index (κ2) is 70.3. The van der Waals surface area contributed by atoms with Gasteiger partial charge in [-0.1, -0.05) is 341 Å². The Morgan fingerprint density at radius 1 is 0.265 bits per heavy atom. The van der Waals surface area contributed by atoms with E-state index < -0.39 is 12.1 Å². The Labute approximate surface area is 513 Å². The number of carbonyl (C=O) groups is 3. The summed E-state index contributed by atoms with van der Waals surface area (Å²) >= 11 is 0. The maximum atomic E-state index is 12.9. The topological polar surface area (TPSA) is 78.9 Å². The molecule has 0 fully saturated rings. The summed E-state index contributed by atoms with van der Waals surface area (Å²) in [6.45, 7) is 6.33. The zero-order chi connectivity index (χ0) is 59.9. The van der Waals surface area contributed by atoms with Gasteiger partial charge in [0.15, 0.2) is 6.10 Å². The number of hydrogen-bond acceptors (Lipinski definition) is 6. The number of esters is 3. The van der Waals surface area contributed by atoms with E-state index in [4.69, 9.17) is 14.2 Å². The van der Waals surface area contributed by atoms with Gasteiger partial charge in [0.1, 0.15) is 13.2 Å². The molecule has 0 rings (SSSR count). The third-order valence-electron chi connectivity index (χ3n) is 15.0. The van der Waals surface area contributed by atoms with Crippen LogP contribution in [-0.2, 0) is 28.6 Å². The number of rotatable bonds is 63. The number of carbonyl (C=O) groups excluding carboxylic acids is 3. The van der Waals surface area contributed by atoms with Gasteiger partial charge in [0.05, 0.1) is 6.42 Å². The highest BCUT2D eigenvalue weighted by molar-refractivity contribution is 5.72. The summed E-state index contributed by atoms with van der Waals surface area (Å²) in [6, 6.07) is 0. The average molecular weight is 1150 g/mol. The van der Waals surface area contributed by atoms with Crippen LogP contribution in [0.1, 0.15) is 329 Å². The maximum Gasteiger partial charge on any atom is 0.309 e. The molecule has 0 saturated carbocycles. The van der Waals surface area contributed by atoms with E-state index in [9.17, 15) is 14.4 Å². The monoisotopic (exact) mass is 1150 g/mol. The summed E-state index contributed by atoms with van der Waals surface area (Å²) in [5, 5.41) is 0. The van der Waals surface area contributed by atoms with Crippen LogP contribution in [0.5, 0.6) is 0 Å². The number of unbranched alkanes of at least 4 members (excludes halogenated alkanes) is 33. The van der Waals surface area contributed by atoms with Crippen molar-refractivity contribution in [2.24, 2.45) is 0 Å². The molecule has 0 aliphatic rings. The van der Waals surface area contributed by atoms with Crippen LogP contribution in [0.15, 0.2) is 122 Å². The van der Waals surface area contributed by atoms with Gasteiger partial charge in [-0.3, -0.25) is 14.4 Å². The van der Waals surface area contributed by atoms with Crippen LogP contribution in [-0.4, -0.2) is 37.2 Å². The first-order valence-electron chi connectivity index (χ1n) is 35.0.